The van der Waals surface area contributed by atoms with Crippen molar-refractivity contribution in [1.82, 2.24) is 15.2 Å². The molecular formula is C32H47N3O3S. The minimum absolute atomic E-state index is 0.0618. The van der Waals surface area contributed by atoms with E-state index in [4.69, 9.17) is 4.98 Å². The van der Waals surface area contributed by atoms with Crippen molar-refractivity contribution in [2.45, 2.75) is 96.9 Å². The molecule has 1 heterocycles. The number of nitrogens with one attached hydrogen (secondary N) is 1. The van der Waals surface area contributed by atoms with Crippen molar-refractivity contribution in [3.8, 4) is 0 Å². The first kappa shape index (κ1) is 31.2. The molecule has 1 amide bonds. The summed E-state index contributed by atoms with van der Waals surface area (Å²) >= 11 is 1.62. The summed E-state index contributed by atoms with van der Waals surface area (Å²) in [5.41, 5.74) is 2.82. The van der Waals surface area contributed by atoms with Crippen LogP contribution < -0.4 is 5.32 Å². The standard InChI is InChI=1S/C32H47N3O3S/c1-7-26(36)17-25(19-31-33-28-14-13-24(21(2)3)18-30(28)39-31)32(38)34-27(23-11-9-8-10-12-23)15-16-29(37)22(4)20-35(5)6/h13-14,18,21,23,25,27H,4,7-12,15-17,19-20H2,1-3,5-6H3,(H,34,38)/t25-,27+/m0/s1. The zero-order chi connectivity index (χ0) is 28.5. The van der Waals surface area contributed by atoms with Gasteiger partial charge in [-0.1, -0.05) is 52.7 Å². The Hall–Kier alpha value is -2.38. The van der Waals surface area contributed by atoms with Crippen molar-refractivity contribution in [2.24, 2.45) is 11.8 Å². The summed E-state index contributed by atoms with van der Waals surface area (Å²) in [4.78, 5) is 45.8. The van der Waals surface area contributed by atoms with Gasteiger partial charge in [-0.2, -0.15) is 0 Å². The van der Waals surface area contributed by atoms with Crippen LogP contribution in [0.1, 0.15) is 95.0 Å². The number of amides is 1. The van der Waals surface area contributed by atoms with Crippen LogP contribution in [0.3, 0.4) is 0 Å². The molecule has 1 aromatic heterocycles. The molecule has 0 spiro atoms. The Bertz CT molecular complexity index is 1150. The Morgan fingerprint density at radius 2 is 1.87 bits per heavy atom. The molecule has 0 radical (unpaired) electrons. The highest BCUT2D eigenvalue weighted by molar-refractivity contribution is 7.18. The van der Waals surface area contributed by atoms with Crippen molar-refractivity contribution in [2.75, 3.05) is 20.6 Å². The van der Waals surface area contributed by atoms with E-state index in [0.29, 0.717) is 49.6 Å². The van der Waals surface area contributed by atoms with Gasteiger partial charge in [-0.15, -0.1) is 11.3 Å². The molecule has 0 saturated heterocycles. The molecule has 214 valence electrons. The maximum atomic E-state index is 13.7. The number of benzene rings is 1. The maximum absolute atomic E-state index is 13.7. The van der Waals surface area contributed by atoms with Gasteiger partial charge in [-0.3, -0.25) is 14.4 Å². The van der Waals surface area contributed by atoms with E-state index in [1.807, 2.05) is 25.9 Å². The molecule has 1 aliphatic carbocycles. The molecule has 0 unspecified atom stereocenters. The van der Waals surface area contributed by atoms with Crippen LogP contribution in [0.4, 0.5) is 0 Å². The average Bonchev–Trinajstić information content (AvgIpc) is 3.31. The minimum Gasteiger partial charge on any atom is -0.353 e. The van der Waals surface area contributed by atoms with E-state index in [2.05, 4.69) is 43.9 Å². The van der Waals surface area contributed by atoms with Crippen LogP contribution in [-0.2, 0) is 20.8 Å². The highest BCUT2D eigenvalue weighted by Crippen LogP contribution is 2.31. The molecule has 1 saturated carbocycles. The van der Waals surface area contributed by atoms with E-state index in [-0.39, 0.29) is 29.9 Å². The molecule has 39 heavy (non-hydrogen) atoms. The fourth-order valence-corrected chi connectivity index (χ4v) is 6.61. The number of nitrogens with zero attached hydrogens (tertiary/aromatic N) is 2. The van der Waals surface area contributed by atoms with Gasteiger partial charge >= 0.3 is 0 Å². The van der Waals surface area contributed by atoms with Crippen LogP contribution >= 0.6 is 11.3 Å². The van der Waals surface area contributed by atoms with Gasteiger partial charge in [0.05, 0.1) is 21.1 Å². The molecule has 2 aromatic rings. The van der Waals surface area contributed by atoms with Gasteiger partial charge < -0.3 is 10.2 Å². The van der Waals surface area contributed by atoms with Crippen LogP contribution in [0.15, 0.2) is 30.4 Å². The average molecular weight is 554 g/mol. The summed E-state index contributed by atoms with van der Waals surface area (Å²) in [5, 5.41) is 4.21. The normalized spacial score (nSPS) is 16.0. The van der Waals surface area contributed by atoms with Crippen LogP contribution in [0, 0.1) is 11.8 Å². The Kier molecular flexibility index (Phi) is 11.9. The van der Waals surface area contributed by atoms with Crippen LogP contribution in [0.25, 0.3) is 10.2 Å². The van der Waals surface area contributed by atoms with E-state index in [1.165, 1.54) is 12.0 Å². The molecule has 1 aromatic carbocycles. The summed E-state index contributed by atoms with van der Waals surface area (Å²) in [5.74, 6) is 0.387. The summed E-state index contributed by atoms with van der Waals surface area (Å²) < 4.78 is 1.12. The van der Waals surface area contributed by atoms with Crippen molar-refractivity contribution < 1.29 is 14.4 Å². The molecule has 0 bridgehead atoms. The second-order valence-electron chi connectivity index (χ2n) is 11.8. The van der Waals surface area contributed by atoms with Crippen LogP contribution in [0.2, 0.25) is 0 Å². The Morgan fingerprint density at radius 3 is 2.51 bits per heavy atom. The second-order valence-corrected chi connectivity index (χ2v) is 12.9. The number of hydrogen-bond donors (Lipinski definition) is 1. The first-order valence-corrected chi connectivity index (χ1v) is 15.5. The SMILES string of the molecule is C=C(CN(C)C)C(=O)CC[C@@H](NC(=O)[C@@H](CC(=O)CC)Cc1nc2ccc(C(C)C)cc2s1)C1CCCCC1. The molecule has 1 fully saturated rings. The van der Waals surface area contributed by atoms with Crippen molar-refractivity contribution in [3.63, 3.8) is 0 Å². The number of aromatic nitrogens is 1. The maximum Gasteiger partial charge on any atom is 0.224 e. The Labute approximate surface area is 238 Å². The number of Topliss-reactive ketones (excluding diaryl/α,β-unsaturated/α-hetero) is 2. The first-order valence-electron chi connectivity index (χ1n) is 14.6. The van der Waals surface area contributed by atoms with Crippen molar-refractivity contribution in [3.05, 3.63) is 40.9 Å². The quantitative estimate of drug-likeness (QED) is 0.255. The van der Waals surface area contributed by atoms with Gasteiger partial charge in [0.1, 0.15) is 5.78 Å². The van der Waals surface area contributed by atoms with E-state index in [9.17, 15) is 14.4 Å². The third-order valence-electron chi connectivity index (χ3n) is 7.91. The molecule has 7 heteroatoms. The number of ketones is 2. The summed E-state index contributed by atoms with van der Waals surface area (Å²) in [6.07, 6.45) is 7.71. The number of likely N-dealkylation sites (N-methyl/N-ethyl adjacent to an activating group) is 1. The van der Waals surface area contributed by atoms with E-state index >= 15 is 0 Å². The van der Waals surface area contributed by atoms with Crippen LogP contribution in [-0.4, -0.2) is 54.0 Å². The lowest BCUT2D eigenvalue weighted by atomic mass is 9.81. The number of hydrogen-bond acceptors (Lipinski definition) is 6. The largest absolute Gasteiger partial charge is 0.353 e. The van der Waals surface area contributed by atoms with E-state index in [1.54, 1.807) is 11.3 Å². The third kappa shape index (κ3) is 9.35. The highest BCUT2D eigenvalue weighted by atomic mass is 32.1. The predicted octanol–water partition coefficient (Wildman–Crippen LogP) is 6.48. The molecule has 3 rings (SSSR count). The predicted molar refractivity (Wildman–Crippen MR) is 161 cm³/mol. The molecule has 2 atom stereocenters. The number of rotatable bonds is 15. The molecule has 6 nitrogen and oxygen atoms in total. The molecular weight excluding hydrogens is 506 g/mol. The lowest BCUT2D eigenvalue weighted by Gasteiger charge is -2.32. The molecule has 1 aliphatic rings. The summed E-state index contributed by atoms with van der Waals surface area (Å²) in [6.45, 7) is 10.7. The van der Waals surface area contributed by atoms with Gasteiger partial charge in [-0.05, 0) is 62.9 Å². The summed E-state index contributed by atoms with van der Waals surface area (Å²) in [6, 6.07) is 6.28. The molecule has 0 aliphatic heterocycles. The fraction of sp³-hybridized carbons (Fsp3) is 0.625. The zero-order valence-electron chi connectivity index (χ0n) is 24.6. The topological polar surface area (TPSA) is 79.4 Å². The van der Waals surface area contributed by atoms with Crippen LogP contribution in [0.5, 0.6) is 0 Å². The number of carbonyl (C=O) groups excluding carboxylic acids is 3. The fourth-order valence-electron chi connectivity index (χ4n) is 5.52. The van der Waals surface area contributed by atoms with E-state index in [0.717, 1.165) is 40.9 Å². The van der Waals surface area contributed by atoms with Gasteiger partial charge in [0.15, 0.2) is 5.78 Å². The highest BCUT2D eigenvalue weighted by Gasteiger charge is 2.30. The number of carbonyl (C=O) groups is 3. The first-order chi connectivity index (χ1) is 18.6. The minimum atomic E-state index is -0.465. The molecule has 1 N–H and O–H groups in total. The van der Waals surface area contributed by atoms with E-state index < -0.39 is 5.92 Å². The third-order valence-corrected chi connectivity index (χ3v) is 8.95. The lowest BCUT2D eigenvalue weighted by Crippen LogP contribution is -2.45. The Balaban J connectivity index is 1.76. The number of thiazole rings is 1. The van der Waals surface area contributed by atoms with Gasteiger partial charge in [0.2, 0.25) is 5.91 Å². The monoisotopic (exact) mass is 553 g/mol. The van der Waals surface area contributed by atoms with Crippen molar-refractivity contribution >= 4 is 39.0 Å². The van der Waals surface area contributed by atoms with Crippen molar-refractivity contribution in [1.29, 1.82) is 0 Å². The summed E-state index contributed by atoms with van der Waals surface area (Å²) in [7, 11) is 3.85. The number of fused-ring (bicyclic) bond motifs is 1. The second kappa shape index (κ2) is 14.8. The zero-order valence-corrected chi connectivity index (χ0v) is 25.4. The Morgan fingerprint density at radius 1 is 1.15 bits per heavy atom. The lowest BCUT2D eigenvalue weighted by molar-refractivity contribution is -0.130. The van der Waals surface area contributed by atoms with Gasteiger partial charge in [0, 0.05) is 43.8 Å². The van der Waals surface area contributed by atoms with Gasteiger partial charge in [-0.25, -0.2) is 4.98 Å². The smallest absolute Gasteiger partial charge is 0.224 e. The van der Waals surface area contributed by atoms with Gasteiger partial charge in [0.25, 0.3) is 0 Å².